The van der Waals surface area contributed by atoms with Gasteiger partial charge in [0.1, 0.15) is 34.0 Å². The highest BCUT2D eigenvalue weighted by molar-refractivity contribution is 6.00. The van der Waals surface area contributed by atoms with Crippen LogP contribution in [0, 0.1) is 13.8 Å². The fraction of sp³-hybridized carbons (Fsp3) is 0.400. The van der Waals surface area contributed by atoms with E-state index in [0.717, 1.165) is 56.5 Å². The van der Waals surface area contributed by atoms with E-state index in [9.17, 15) is 9.59 Å². The molecule has 306 valence electrons. The fourth-order valence-corrected chi connectivity index (χ4v) is 7.12. The molecule has 2 aromatic carbocycles. The van der Waals surface area contributed by atoms with Gasteiger partial charge in [0.15, 0.2) is 5.89 Å². The molecule has 0 spiro atoms. The average molecular weight is 795 g/mol. The third-order valence-corrected chi connectivity index (χ3v) is 9.93. The summed E-state index contributed by atoms with van der Waals surface area (Å²) in [7, 11) is 1.54. The molecule has 5 heterocycles. The van der Waals surface area contributed by atoms with E-state index in [4.69, 9.17) is 40.1 Å². The highest BCUT2D eigenvalue weighted by Gasteiger charge is 2.22. The number of anilines is 4. The Labute approximate surface area is 335 Å². The number of carbonyl (C=O) groups is 2. The zero-order valence-electron chi connectivity index (χ0n) is 33.5. The number of carbonyl (C=O) groups excluding carboxylic acids is 2. The summed E-state index contributed by atoms with van der Waals surface area (Å²) in [5.74, 6) is 2.50. The van der Waals surface area contributed by atoms with Crippen LogP contribution < -0.4 is 31.6 Å². The van der Waals surface area contributed by atoms with E-state index in [1.165, 1.54) is 0 Å². The molecule has 2 amide bonds. The molecule has 0 aliphatic carbocycles. The minimum absolute atomic E-state index is 0.282. The summed E-state index contributed by atoms with van der Waals surface area (Å²) < 4.78 is 29.4. The number of amides is 2. The number of primary amides is 2. The summed E-state index contributed by atoms with van der Waals surface area (Å²) in [5, 5.41) is 11.4. The zero-order chi connectivity index (χ0) is 40.9. The van der Waals surface area contributed by atoms with Crippen LogP contribution in [0.1, 0.15) is 58.3 Å². The van der Waals surface area contributed by atoms with Gasteiger partial charge in [0.2, 0.25) is 29.6 Å². The molecule has 1 saturated heterocycles. The predicted octanol–water partition coefficient (Wildman–Crippen LogP) is 4.82. The number of ether oxygens (including phenoxy) is 3. The molecule has 0 unspecified atom stereocenters. The van der Waals surface area contributed by atoms with Crippen molar-refractivity contribution in [2.75, 3.05) is 57.2 Å². The number of nitrogens with one attached hydrogen (secondary N) is 2. The van der Waals surface area contributed by atoms with Crippen molar-refractivity contribution >= 4 is 57.5 Å². The molecule has 0 saturated carbocycles. The van der Waals surface area contributed by atoms with Crippen LogP contribution in [0.15, 0.2) is 46.9 Å². The lowest BCUT2D eigenvalue weighted by atomic mass is 10.1. The summed E-state index contributed by atoms with van der Waals surface area (Å²) in [5.41, 5.74) is 16.0. The second-order valence-corrected chi connectivity index (χ2v) is 13.9. The first-order valence-electron chi connectivity index (χ1n) is 19.4. The Bertz CT molecular complexity index is 2470. The fourth-order valence-electron chi connectivity index (χ4n) is 7.12. The van der Waals surface area contributed by atoms with Gasteiger partial charge >= 0.3 is 0 Å². The van der Waals surface area contributed by atoms with Crippen LogP contribution in [0.2, 0.25) is 0 Å². The maximum atomic E-state index is 12.5. The van der Waals surface area contributed by atoms with Gasteiger partial charge in [-0.2, -0.15) is 5.10 Å². The lowest BCUT2D eigenvalue weighted by Gasteiger charge is -2.26. The molecular weight excluding hydrogens is 745 g/mol. The van der Waals surface area contributed by atoms with Gasteiger partial charge < -0.3 is 44.5 Å². The van der Waals surface area contributed by atoms with Gasteiger partial charge in [0.25, 0.3) is 0 Å². The average Bonchev–Trinajstić information content (AvgIpc) is 3.96. The highest BCUT2D eigenvalue weighted by Crippen LogP contribution is 2.34. The number of aryl methyl sites for hydroxylation is 4. The number of nitrogens with zero attached hydrogens (tertiary/aromatic N) is 8. The number of oxazole rings is 1. The molecule has 0 radical (unpaired) electrons. The minimum Gasteiger partial charge on any atom is -0.494 e. The minimum atomic E-state index is -0.587. The largest absolute Gasteiger partial charge is 0.494 e. The van der Waals surface area contributed by atoms with Crippen molar-refractivity contribution < 1.29 is 28.2 Å². The smallest absolute Gasteiger partial charge is 0.248 e. The molecule has 7 rings (SSSR count). The van der Waals surface area contributed by atoms with Crippen molar-refractivity contribution in [2.24, 2.45) is 11.5 Å². The Morgan fingerprint density at radius 2 is 1.48 bits per heavy atom. The highest BCUT2D eigenvalue weighted by atomic mass is 16.5. The number of benzene rings is 2. The van der Waals surface area contributed by atoms with Crippen LogP contribution in [0.5, 0.6) is 11.5 Å². The molecule has 0 bridgehead atoms. The Balaban J connectivity index is 1.25. The van der Waals surface area contributed by atoms with Crippen molar-refractivity contribution in [2.45, 2.75) is 60.2 Å². The molecule has 4 aromatic heterocycles. The Morgan fingerprint density at radius 1 is 0.862 bits per heavy atom. The summed E-state index contributed by atoms with van der Waals surface area (Å²) >= 11 is 0. The van der Waals surface area contributed by atoms with Crippen molar-refractivity contribution in [3.8, 4) is 11.5 Å². The van der Waals surface area contributed by atoms with Crippen LogP contribution in [-0.2, 0) is 30.8 Å². The normalized spacial score (nSPS) is 13.5. The first-order valence-corrected chi connectivity index (χ1v) is 19.4. The van der Waals surface area contributed by atoms with E-state index in [1.54, 1.807) is 38.3 Å². The van der Waals surface area contributed by atoms with E-state index >= 15 is 0 Å². The Hall–Kier alpha value is -6.40. The lowest BCUT2D eigenvalue weighted by molar-refractivity contribution is 0.0358. The number of hydrogen-bond acceptors (Lipinski definition) is 13. The SMILES string of the molecule is CCc1nc(C)oc1Nc1nc2cc(C(N)=O)cc(OCCCN3CCOCC3)c2n1C/C=C/Cn1c(Nc2cc(C)nn2CC)nc2cc(C(N)=O)cc(OC)c21. The number of aromatic nitrogens is 7. The zero-order valence-corrected chi connectivity index (χ0v) is 33.5. The summed E-state index contributed by atoms with van der Waals surface area (Å²) in [4.78, 5) is 41.4. The van der Waals surface area contributed by atoms with Crippen molar-refractivity contribution in [1.82, 2.24) is 38.8 Å². The van der Waals surface area contributed by atoms with Crippen LogP contribution in [-0.4, -0.2) is 97.1 Å². The maximum Gasteiger partial charge on any atom is 0.248 e. The molecule has 58 heavy (non-hydrogen) atoms. The van der Waals surface area contributed by atoms with Crippen molar-refractivity contribution in [3.63, 3.8) is 0 Å². The third kappa shape index (κ3) is 8.47. The van der Waals surface area contributed by atoms with Gasteiger partial charge in [-0.05, 0) is 51.0 Å². The second kappa shape index (κ2) is 17.4. The molecule has 0 atom stereocenters. The van der Waals surface area contributed by atoms with Crippen LogP contribution in [0.25, 0.3) is 22.1 Å². The number of rotatable bonds is 18. The van der Waals surface area contributed by atoms with E-state index in [-0.39, 0.29) is 11.1 Å². The molecule has 18 nitrogen and oxygen atoms in total. The number of allylic oxidation sites excluding steroid dienone is 2. The molecule has 18 heteroatoms. The Kier molecular flexibility index (Phi) is 11.9. The van der Waals surface area contributed by atoms with E-state index in [0.29, 0.717) is 89.9 Å². The van der Waals surface area contributed by atoms with Gasteiger partial charge in [0, 0.05) is 63.4 Å². The van der Waals surface area contributed by atoms with E-state index in [1.807, 2.05) is 52.8 Å². The van der Waals surface area contributed by atoms with E-state index in [2.05, 4.69) is 25.6 Å². The molecule has 6 N–H and O–H groups in total. The number of fused-ring (bicyclic) bond motifs is 2. The van der Waals surface area contributed by atoms with Gasteiger partial charge in [-0.15, -0.1) is 0 Å². The van der Waals surface area contributed by atoms with Gasteiger partial charge in [-0.25, -0.2) is 19.6 Å². The number of methoxy groups -OCH3 is 1. The first kappa shape index (κ1) is 39.8. The van der Waals surface area contributed by atoms with E-state index < -0.39 is 11.8 Å². The number of morpholine rings is 1. The quantitative estimate of drug-likeness (QED) is 0.0678. The third-order valence-electron chi connectivity index (χ3n) is 9.93. The number of hydrogen-bond donors (Lipinski definition) is 4. The van der Waals surface area contributed by atoms with Gasteiger partial charge in [0.05, 0.1) is 43.7 Å². The summed E-state index contributed by atoms with van der Waals surface area (Å²) in [6.45, 7) is 13.6. The maximum absolute atomic E-state index is 12.5. The number of imidazole rings is 2. The number of nitrogens with two attached hydrogens (primary N) is 2. The molecule has 1 aliphatic heterocycles. The summed E-state index contributed by atoms with van der Waals surface area (Å²) in [6.07, 6.45) is 5.42. The van der Waals surface area contributed by atoms with Crippen LogP contribution in [0.3, 0.4) is 0 Å². The molecule has 6 aromatic rings. The van der Waals surface area contributed by atoms with Crippen LogP contribution >= 0.6 is 0 Å². The second-order valence-electron chi connectivity index (χ2n) is 13.9. The molecule has 1 aliphatic rings. The predicted molar refractivity (Wildman–Crippen MR) is 219 cm³/mol. The lowest BCUT2D eigenvalue weighted by Crippen LogP contribution is -2.37. The molecular formula is C40H50N12O6. The van der Waals surface area contributed by atoms with Gasteiger partial charge in [-0.1, -0.05) is 19.1 Å². The topological polar surface area (TPSA) is 221 Å². The van der Waals surface area contributed by atoms with Crippen LogP contribution in [0.4, 0.5) is 23.6 Å². The standard InChI is InChI=1S/C40H50N12O6/c1-6-28-38(58-25(4)43-28)47-40-45-30-21-27(37(42)54)23-32(57-16-10-11-49-14-17-56-18-15-49)35(30)51(40)13-9-8-12-50-34-29(20-26(36(41)53)22-31(34)55-5)44-39(50)46-33-19-24(3)48-52(33)7-2/h8-9,19-23H,6-7,10-18H2,1-5H3,(H2,41,53)(H2,42,54)(H,44,46)(H,45,47)/b9-8+. The summed E-state index contributed by atoms with van der Waals surface area (Å²) in [6, 6.07) is 8.56. The monoisotopic (exact) mass is 794 g/mol. The van der Waals surface area contributed by atoms with Crippen molar-refractivity contribution in [3.05, 3.63) is 70.9 Å². The van der Waals surface area contributed by atoms with Crippen molar-refractivity contribution in [1.29, 1.82) is 0 Å². The van der Waals surface area contributed by atoms with Gasteiger partial charge in [-0.3, -0.25) is 19.8 Å². The first-order chi connectivity index (χ1) is 28.1. The molecule has 1 fully saturated rings. The Morgan fingerprint density at radius 3 is 2.09 bits per heavy atom.